The van der Waals surface area contributed by atoms with E-state index in [9.17, 15) is 24.5 Å². The van der Waals surface area contributed by atoms with E-state index >= 15 is 0 Å². The number of rotatable bonds is 10. The third kappa shape index (κ3) is 6.13. The van der Waals surface area contributed by atoms with E-state index < -0.39 is 22.7 Å². The maximum Gasteiger partial charge on any atom is 0.341 e. The summed E-state index contributed by atoms with van der Waals surface area (Å²) in [4.78, 5) is 46.9. The predicted octanol–water partition coefficient (Wildman–Crippen LogP) is 2.57. The van der Waals surface area contributed by atoms with Crippen molar-refractivity contribution in [3.63, 3.8) is 0 Å². The summed E-state index contributed by atoms with van der Waals surface area (Å²) in [6, 6.07) is 3.99. The van der Waals surface area contributed by atoms with Crippen LogP contribution in [0.1, 0.15) is 25.6 Å². The van der Waals surface area contributed by atoms with E-state index in [1.54, 1.807) is 0 Å². The van der Waals surface area contributed by atoms with Crippen LogP contribution in [0.5, 0.6) is 0 Å². The minimum absolute atomic E-state index is 0.0131. The Kier molecular flexibility index (Phi) is 8.30. The largest absolute Gasteiger partial charge is 0.460 e. The van der Waals surface area contributed by atoms with Crippen molar-refractivity contribution in [3.8, 4) is 0 Å². The summed E-state index contributed by atoms with van der Waals surface area (Å²) >= 11 is 6.61. The van der Waals surface area contributed by atoms with Gasteiger partial charge in [0.1, 0.15) is 16.6 Å². The van der Waals surface area contributed by atoms with Gasteiger partial charge in [-0.2, -0.15) is 0 Å². The molecule has 0 atom stereocenters. The molecule has 1 aromatic carbocycles. The lowest BCUT2D eigenvalue weighted by Crippen LogP contribution is -2.22. The molecule has 0 bridgehead atoms. The van der Waals surface area contributed by atoms with Gasteiger partial charge in [0.2, 0.25) is 5.91 Å². The molecule has 166 valence electrons. The highest BCUT2D eigenvalue weighted by Crippen LogP contribution is 2.33. The zero-order chi connectivity index (χ0) is 23.1. The second kappa shape index (κ2) is 10.7. The van der Waals surface area contributed by atoms with E-state index in [0.29, 0.717) is 5.69 Å². The fourth-order valence-electron chi connectivity index (χ4n) is 2.49. The van der Waals surface area contributed by atoms with Gasteiger partial charge < -0.3 is 25.8 Å². The number of carbonyl (C=O) groups excluding carboxylic acids is 3. The van der Waals surface area contributed by atoms with Crippen molar-refractivity contribution < 1.29 is 28.8 Å². The molecule has 0 aliphatic heterocycles. The van der Waals surface area contributed by atoms with Crippen LogP contribution in [0.15, 0.2) is 18.2 Å². The lowest BCUT2D eigenvalue weighted by molar-refractivity contribution is -0.384. The van der Waals surface area contributed by atoms with Gasteiger partial charge >= 0.3 is 5.97 Å². The van der Waals surface area contributed by atoms with E-state index in [1.165, 1.54) is 32.2 Å². The van der Waals surface area contributed by atoms with Crippen LogP contribution in [0, 0.1) is 17.0 Å². The number of ether oxygens (including phenoxy) is 2. The molecule has 0 unspecified atom stereocenters. The van der Waals surface area contributed by atoms with Gasteiger partial charge in [0.15, 0.2) is 0 Å². The van der Waals surface area contributed by atoms with Crippen LogP contribution >= 0.6 is 22.9 Å². The highest BCUT2D eigenvalue weighted by atomic mass is 35.5. The van der Waals surface area contributed by atoms with Gasteiger partial charge in [-0.25, -0.2) is 4.79 Å². The Labute approximate surface area is 185 Å². The van der Waals surface area contributed by atoms with Crippen molar-refractivity contribution in [2.75, 3.05) is 37.5 Å². The average molecular weight is 471 g/mol. The molecule has 1 aromatic heterocycles. The van der Waals surface area contributed by atoms with Gasteiger partial charge in [0, 0.05) is 18.9 Å². The number of nitro benzene ring substituents is 1. The molecule has 0 fully saturated rings. The SMILES string of the molecule is COCCOC(=O)c1c(NC(=O)CNc2ccc(Cl)c([N+](=O)[O-])c2)sc(C(N)=O)c1C. The number of nitro groups is 1. The number of nitrogens with two attached hydrogens (primary N) is 1. The number of anilines is 2. The first kappa shape index (κ1) is 24.1. The van der Waals surface area contributed by atoms with Gasteiger partial charge in [-0.1, -0.05) is 11.6 Å². The van der Waals surface area contributed by atoms with Crippen LogP contribution in [0.25, 0.3) is 0 Å². The summed E-state index contributed by atoms with van der Waals surface area (Å²) in [5.74, 6) is -2.06. The molecule has 0 radical (unpaired) electrons. The van der Waals surface area contributed by atoms with Crippen LogP contribution in [0.2, 0.25) is 5.02 Å². The summed E-state index contributed by atoms with van der Waals surface area (Å²) in [5, 5.41) is 16.3. The first-order chi connectivity index (χ1) is 14.6. The first-order valence-electron chi connectivity index (χ1n) is 8.72. The molecule has 2 aromatic rings. The molecule has 0 spiro atoms. The molecule has 2 amide bonds. The van der Waals surface area contributed by atoms with Crippen molar-refractivity contribution >= 4 is 57.1 Å². The standard InChI is InChI=1S/C18H19ClN4O7S/c1-9-14(18(26)30-6-5-29-2)17(31-15(9)16(20)25)22-13(24)8-21-10-3-4-11(19)12(7-10)23(27)28/h3-4,7,21H,5-6,8H2,1-2H3,(H2,20,25)(H,22,24). The maximum atomic E-state index is 12.4. The van der Waals surface area contributed by atoms with Crippen LogP contribution in [-0.2, 0) is 14.3 Å². The molecule has 0 saturated heterocycles. The Balaban J connectivity index is 2.15. The van der Waals surface area contributed by atoms with Gasteiger partial charge in [-0.15, -0.1) is 11.3 Å². The maximum absolute atomic E-state index is 12.4. The van der Waals surface area contributed by atoms with Crippen molar-refractivity contribution in [1.29, 1.82) is 0 Å². The fourth-order valence-corrected chi connectivity index (χ4v) is 3.74. The second-order valence-corrected chi connectivity index (χ2v) is 7.51. The highest BCUT2D eigenvalue weighted by Gasteiger charge is 2.26. The van der Waals surface area contributed by atoms with Gasteiger partial charge in [0.25, 0.3) is 11.6 Å². The molecule has 0 aliphatic rings. The molecule has 2 rings (SSSR count). The molecule has 4 N–H and O–H groups in total. The topological polar surface area (TPSA) is 163 Å². The fraction of sp³-hybridized carbons (Fsp3) is 0.278. The lowest BCUT2D eigenvalue weighted by Gasteiger charge is -2.09. The lowest BCUT2D eigenvalue weighted by atomic mass is 10.1. The second-order valence-electron chi connectivity index (χ2n) is 6.08. The number of primary amides is 1. The molecule has 1 heterocycles. The average Bonchev–Trinajstić information content (AvgIpc) is 3.03. The molecule has 31 heavy (non-hydrogen) atoms. The molecular formula is C18H19ClN4O7S. The number of methoxy groups -OCH3 is 1. The quantitative estimate of drug-likeness (QED) is 0.206. The summed E-state index contributed by atoms with van der Waals surface area (Å²) in [6.07, 6.45) is 0. The number of thiophene rings is 1. The van der Waals surface area contributed by atoms with Crippen LogP contribution in [-0.4, -0.2) is 49.6 Å². The first-order valence-corrected chi connectivity index (χ1v) is 9.92. The third-order valence-corrected chi connectivity index (χ3v) is 5.49. The number of nitrogens with zero attached hydrogens (tertiary/aromatic N) is 1. The van der Waals surface area contributed by atoms with Crippen molar-refractivity contribution in [2.24, 2.45) is 5.73 Å². The summed E-state index contributed by atoms with van der Waals surface area (Å²) in [6.45, 7) is 1.40. The Morgan fingerprint density at radius 3 is 2.61 bits per heavy atom. The van der Waals surface area contributed by atoms with Gasteiger partial charge in [-0.05, 0) is 24.6 Å². The van der Waals surface area contributed by atoms with Crippen molar-refractivity contribution in [3.05, 3.63) is 49.3 Å². The zero-order valence-corrected chi connectivity index (χ0v) is 18.1. The van der Waals surface area contributed by atoms with E-state index in [0.717, 1.165) is 11.3 Å². The van der Waals surface area contributed by atoms with Crippen LogP contribution in [0.3, 0.4) is 0 Å². The Hall–Kier alpha value is -3.22. The number of carbonyl (C=O) groups is 3. The summed E-state index contributed by atoms with van der Waals surface area (Å²) in [7, 11) is 1.45. The normalized spacial score (nSPS) is 10.4. The molecular weight excluding hydrogens is 452 g/mol. The molecule has 13 heteroatoms. The molecule has 0 aliphatic carbocycles. The van der Waals surface area contributed by atoms with Crippen LogP contribution < -0.4 is 16.4 Å². The minimum atomic E-state index is -0.750. The predicted molar refractivity (Wildman–Crippen MR) is 115 cm³/mol. The van der Waals surface area contributed by atoms with Gasteiger partial charge in [-0.3, -0.25) is 19.7 Å². The van der Waals surface area contributed by atoms with E-state index in [2.05, 4.69) is 10.6 Å². The number of halogens is 1. The molecule has 11 nitrogen and oxygen atoms in total. The Morgan fingerprint density at radius 1 is 1.29 bits per heavy atom. The highest BCUT2D eigenvalue weighted by molar-refractivity contribution is 7.18. The number of nitrogens with one attached hydrogen (secondary N) is 2. The minimum Gasteiger partial charge on any atom is -0.460 e. The Morgan fingerprint density at radius 2 is 2.00 bits per heavy atom. The number of hydrogen-bond donors (Lipinski definition) is 3. The Bertz CT molecular complexity index is 1020. The number of amides is 2. The van der Waals surface area contributed by atoms with Crippen molar-refractivity contribution in [1.82, 2.24) is 0 Å². The monoisotopic (exact) mass is 470 g/mol. The number of benzene rings is 1. The van der Waals surface area contributed by atoms with Gasteiger partial charge in [0.05, 0.1) is 28.5 Å². The summed E-state index contributed by atoms with van der Waals surface area (Å²) < 4.78 is 9.91. The van der Waals surface area contributed by atoms with Crippen LogP contribution in [0.4, 0.5) is 16.4 Å². The summed E-state index contributed by atoms with van der Waals surface area (Å²) in [5.41, 5.74) is 5.64. The number of esters is 1. The molecule has 0 saturated carbocycles. The van der Waals surface area contributed by atoms with Crippen molar-refractivity contribution in [2.45, 2.75) is 6.92 Å². The van der Waals surface area contributed by atoms with E-state index in [4.69, 9.17) is 26.8 Å². The third-order valence-electron chi connectivity index (χ3n) is 3.94. The smallest absolute Gasteiger partial charge is 0.341 e. The van der Waals surface area contributed by atoms with E-state index in [1.807, 2.05) is 0 Å². The number of hydrogen-bond acceptors (Lipinski definition) is 9. The van der Waals surface area contributed by atoms with E-state index in [-0.39, 0.29) is 51.5 Å². The zero-order valence-electron chi connectivity index (χ0n) is 16.5.